The SMILES string of the molecule is CCN1CCN(C[C@@H](O)COc2ccc3c(c2)c(C(C)=O)c(C)n3-c2ccc(C)cc2)CC1. The number of fused-ring (bicyclic) bond motifs is 1. The van der Waals surface area contributed by atoms with E-state index in [-0.39, 0.29) is 12.4 Å². The summed E-state index contributed by atoms with van der Waals surface area (Å²) in [6, 6.07) is 14.2. The average molecular weight is 450 g/mol. The van der Waals surface area contributed by atoms with Gasteiger partial charge < -0.3 is 19.3 Å². The van der Waals surface area contributed by atoms with Crippen molar-refractivity contribution >= 4 is 16.7 Å². The number of nitrogens with zero attached hydrogens (tertiary/aromatic N) is 3. The molecule has 1 aliphatic rings. The Bertz CT molecular complexity index is 1110. The van der Waals surface area contributed by atoms with Gasteiger partial charge in [-0.25, -0.2) is 0 Å². The van der Waals surface area contributed by atoms with Crippen molar-refractivity contribution in [1.82, 2.24) is 14.4 Å². The van der Waals surface area contributed by atoms with Crippen LogP contribution in [0.2, 0.25) is 0 Å². The van der Waals surface area contributed by atoms with Gasteiger partial charge in [-0.1, -0.05) is 24.6 Å². The van der Waals surface area contributed by atoms with Crippen molar-refractivity contribution in [2.24, 2.45) is 0 Å². The first kappa shape index (κ1) is 23.5. The van der Waals surface area contributed by atoms with E-state index in [9.17, 15) is 9.90 Å². The van der Waals surface area contributed by atoms with Crippen LogP contribution in [0, 0.1) is 13.8 Å². The summed E-state index contributed by atoms with van der Waals surface area (Å²) in [7, 11) is 0. The summed E-state index contributed by atoms with van der Waals surface area (Å²) < 4.78 is 8.08. The Morgan fingerprint density at radius 2 is 1.70 bits per heavy atom. The molecule has 0 radical (unpaired) electrons. The molecule has 1 N–H and O–H groups in total. The van der Waals surface area contributed by atoms with E-state index in [1.54, 1.807) is 6.92 Å². The topological polar surface area (TPSA) is 57.9 Å². The molecule has 6 nitrogen and oxygen atoms in total. The first-order chi connectivity index (χ1) is 15.9. The van der Waals surface area contributed by atoms with E-state index in [0.29, 0.717) is 17.9 Å². The predicted octanol–water partition coefficient (Wildman–Crippen LogP) is 3.83. The Hall–Kier alpha value is -2.67. The van der Waals surface area contributed by atoms with E-state index in [0.717, 1.165) is 55.0 Å². The van der Waals surface area contributed by atoms with Crippen molar-refractivity contribution in [3.8, 4) is 11.4 Å². The summed E-state index contributed by atoms with van der Waals surface area (Å²) in [5.74, 6) is 0.702. The number of ether oxygens (including phenoxy) is 1. The maximum absolute atomic E-state index is 12.5. The van der Waals surface area contributed by atoms with Crippen LogP contribution in [0.25, 0.3) is 16.6 Å². The number of aromatic nitrogens is 1. The number of aliphatic hydroxyl groups excluding tert-OH is 1. The lowest BCUT2D eigenvalue weighted by Crippen LogP contribution is -2.49. The summed E-state index contributed by atoms with van der Waals surface area (Å²) in [6.07, 6.45) is -0.556. The molecule has 4 rings (SSSR count). The molecule has 1 aromatic heterocycles. The summed E-state index contributed by atoms with van der Waals surface area (Å²) in [5, 5.41) is 11.4. The van der Waals surface area contributed by atoms with Gasteiger partial charge in [0.2, 0.25) is 0 Å². The quantitative estimate of drug-likeness (QED) is 0.530. The first-order valence-corrected chi connectivity index (χ1v) is 11.9. The Labute approximate surface area is 196 Å². The van der Waals surface area contributed by atoms with Gasteiger partial charge >= 0.3 is 0 Å². The summed E-state index contributed by atoms with van der Waals surface area (Å²) >= 11 is 0. The van der Waals surface area contributed by atoms with Crippen LogP contribution in [0.4, 0.5) is 0 Å². The number of β-amino-alcohol motifs (C(OH)–C–C–N with tert-alkyl or cyclic N) is 1. The van der Waals surface area contributed by atoms with Crippen molar-refractivity contribution in [2.45, 2.75) is 33.8 Å². The second-order valence-electron chi connectivity index (χ2n) is 9.07. The van der Waals surface area contributed by atoms with Crippen molar-refractivity contribution in [3.63, 3.8) is 0 Å². The molecule has 0 bridgehead atoms. The molecule has 0 spiro atoms. The van der Waals surface area contributed by atoms with Crippen molar-refractivity contribution < 1.29 is 14.6 Å². The average Bonchev–Trinajstić information content (AvgIpc) is 3.10. The van der Waals surface area contributed by atoms with E-state index < -0.39 is 6.10 Å². The second kappa shape index (κ2) is 10.1. The molecule has 0 saturated carbocycles. The highest BCUT2D eigenvalue weighted by molar-refractivity contribution is 6.09. The van der Waals surface area contributed by atoms with Gasteiger partial charge in [0.1, 0.15) is 18.5 Å². The summed E-state index contributed by atoms with van der Waals surface area (Å²) in [4.78, 5) is 17.2. The van der Waals surface area contributed by atoms with Gasteiger partial charge in [-0.2, -0.15) is 0 Å². The van der Waals surface area contributed by atoms with Crippen LogP contribution >= 0.6 is 0 Å². The second-order valence-corrected chi connectivity index (χ2v) is 9.07. The third kappa shape index (κ3) is 5.13. The number of benzene rings is 2. The zero-order valence-electron chi connectivity index (χ0n) is 20.2. The summed E-state index contributed by atoms with van der Waals surface area (Å²) in [6.45, 7) is 13.8. The van der Waals surface area contributed by atoms with Crippen LogP contribution in [-0.2, 0) is 0 Å². The molecule has 0 unspecified atom stereocenters. The number of Topliss-reactive ketones (excluding diaryl/α,β-unsaturated/α-hetero) is 1. The Balaban J connectivity index is 1.51. The van der Waals surface area contributed by atoms with Crippen molar-refractivity contribution in [1.29, 1.82) is 0 Å². The van der Waals surface area contributed by atoms with Gasteiger partial charge in [-0.3, -0.25) is 9.69 Å². The molecule has 2 heterocycles. The van der Waals surface area contributed by atoms with E-state index in [1.807, 2.05) is 25.1 Å². The third-order valence-corrected chi connectivity index (χ3v) is 6.64. The Morgan fingerprint density at radius 3 is 2.33 bits per heavy atom. The maximum atomic E-state index is 12.5. The standard InChI is InChI=1S/C27H35N3O3/c1-5-28-12-14-29(15-13-28)17-23(32)18-33-24-10-11-26-25(16-24)27(21(4)31)20(3)30(26)22-8-6-19(2)7-9-22/h6-11,16,23,32H,5,12-15,17-18H2,1-4H3/t23-/m1/s1. The highest BCUT2D eigenvalue weighted by Gasteiger charge is 2.21. The molecule has 1 atom stereocenters. The van der Waals surface area contributed by atoms with E-state index in [1.165, 1.54) is 5.56 Å². The third-order valence-electron chi connectivity index (χ3n) is 6.64. The molecule has 1 fully saturated rings. The number of rotatable bonds is 8. The van der Waals surface area contributed by atoms with Crippen LogP contribution in [0.1, 0.15) is 35.5 Å². The van der Waals surface area contributed by atoms with Crippen LogP contribution < -0.4 is 4.74 Å². The highest BCUT2D eigenvalue weighted by atomic mass is 16.5. The molecule has 3 aromatic rings. The fraction of sp³-hybridized carbons (Fsp3) is 0.444. The molecular weight excluding hydrogens is 414 g/mol. The van der Waals surface area contributed by atoms with E-state index in [2.05, 4.69) is 52.5 Å². The molecule has 33 heavy (non-hydrogen) atoms. The molecule has 0 aliphatic carbocycles. The minimum Gasteiger partial charge on any atom is -0.491 e. The number of hydrogen-bond donors (Lipinski definition) is 1. The minimum absolute atomic E-state index is 0.0340. The van der Waals surface area contributed by atoms with Crippen LogP contribution in [0.15, 0.2) is 42.5 Å². The number of carbonyl (C=O) groups excluding carboxylic acids is 1. The fourth-order valence-electron chi connectivity index (χ4n) is 4.79. The Morgan fingerprint density at radius 1 is 1.03 bits per heavy atom. The maximum Gasteiger partial charge on any atom is 0.162 e. The molecule has 176 valence electrons. The van der Waals surface area contributed by atoms with E-state index in [4.69, 9.17) is 4.74 Å². The lowest BCUT2D eigenvalue weighted by molar-refractivity contribution is 0.0471. The number of aliphatic hydroxyl groups is 1. The lowest BCUT2D eigenvalue weighted by atomic mass is 10.1. The van der Waals surface area contributed by atoms with Gasteiger partial charge in [0, 0.05) is 55.1 Å². The Kier molecular flexibility index (Phi) is 7.17. The number of likely N-dealkylation sites (N-methyl/N-ethyl adjacent to an activating group) is 1. The lowest BCUT2D eigenvalue weighted by Gasteiger charge is -2.34. The molecule has 1 saturated heterocycles. The number of hydrogen-bond acceptors (Lipinski definition) is 5. The van der Waals surface area contributed by atoms with E-state index >= 15 is 0 Å². The molecule has 6 heteroatoms. The van der Waals surface area contributed by atoms with Crippen molar-refractivity contribution in [2.75, 3.05) is 45.9 Å². The van der Waals surface area contributed by atoms with Crippen molar-refractivity contribution in [3.05, 3.63) is 59.3 Å². The number of piperazine rings is 1. The van der Waals surface area contributed by atoms with Gasteiger partial charge in [-0.15, -0.1) is 0 Å². The normalized spacial score (nSPS) is 16.3. The number of ketones is 1. The first-order valence-electron chi connectivity index (χ1n) is 11.9. The fourth-order valence-corrected chi connectivity index (χ4v) is 4.79. The zero-order chi connectivity index (χ0) is 23.5. The molecule has 2 aromatic carbocycles. The van der Waals surface area contributed by atoms with Gasteiger partial charge in [-0.05, 0) is 57.6 Å². The largest absolute Gasteiger partial charge is 0.491 e. The summed E-state index contributed by atoms with van der Waals surface area (Å²) in [5.41, 5.74) is 4.84. The van der Waals surface area contributed by atoms with Crippen LogP contribution in [0.5, 0.6) is 5.75 Å². The van der Waals surface area contributed by atoms with Gasteiger partial charge in [0.05, 0.1) is 5.52 Å². The molecule has 0 amide bonds. The monoisotopic (exact) mass is 449 g/mol. The van der Waals surface area contributed by atoms with Crippen LogP contribution in [0.3, 0.4) is 0 Å². The number of aryl methyl sites for hydroxylation is 1. The number of carbonyl (C=O) groups is 1. The minimum atomic E-state index is -0.556. The highest BCUT2D eigenvalue weighted by Crippen LogP contribution is 2.32. The smallest absolute Gasteiger partial charge is 0.162 e. The molecule has 1 aliphatic heterocycles. The van der Waals surface area contributed by atoms with Gasteiger partial charge in [0.15, 0.2) is 5.78 Å². The zero-order valence-corrected chi connectivity index (χ0v) is 20.2. The predicted molar refractivity (Wildman–Crippen MR) is 133 cm³/mol. The molecular formula is C27H35N3O3. The van der Waals surface area contributed by atoms with Crippen LogP contribution in [-0.4, -0.2) is 77.2 Å². The van der Waals surface area contributed by atoms with Gasteiger partial charge in [0.25, 0.3) is 0 Å².